The third-order valence-corrected chi connectivity index (χ3v) is 2.87. The first kappa shape index (κ1) is 13.8. The Morgan fingerprint density at radius 3 is 2.05 bits per heavy atom. The molecule has 0 saturated heterocycles. The van der Waals surface area contributed by atoms with Crippen molar-refractivity contribution in [2.24, 2.45) is 5.73 Å². The highest BCUT2D eigenvalue weighted by molar-refractivity contribution is 6.08. The van der Waals surface area contributed by atoms with Crippen LogP contribution in [-0.2, 0) is 4.79 Å². The highest BCUT2D eigenvalue weighted by Gasteiger charge is 2.11. The largest absolute Gasteiger partial charge is 0.481 e. The molecule has 0 bridgehead atoms. The summed E-state index contributed by atoms with van der Waals surface area (Å²) < 4.78 is 5.33. The number of hydrogen-bond donors (Lipinski definition) is 1. The first-order chi connectivity index (χ1) is 9.58. The molecule has 4 nitrogen and oxygen atoms in total. The van der Waals surface area contributed by atoms with E-state index in [0.29, 0.717) is 16.9 Å². The van der Waals surface area contributed by atoms with E-state index in [-0.39, 0.29) is 5.78 Å². The normalized spacial score (nSPS) is 11.7. The SMILES string of the molecule is C[C@@H](Oc1ccc(C(=O)c2ccccc2)cc1)C(N)=O. The zero-order valence-corrected chi connectivity index (χ0v) is 11.1. The highest BCUT2D eigenvalue weighted by Crippen LogP contribution is 2.16. The second-order valence-corrected chi connectivity index (χ2v) is 4.38. The van der Waals surface area contributed by atoms with Gasteiger partial charge in [0, 0.05) is 11.1 Å². The standard InChI is InChI=1S/C16H15NO3/c1-11(16(17)19)20-14-9-7-13(8-10-14)15(18)12-5-3-2-4-6-12/h2-11H,1H3,(H2,17,19)/t11-/m1/s1. The third kappa shape index (κ3) is 3.23. The molecule has 0 aliphatic rings. The van der Waals surface area contributed by atoms with Gasteiger partial charge in [0.2, 0.25) is 0 Å². The van der Waals surface area contributed by atoms with E-state index in [1.54, 1.807) is 43.3 Å². The second kappa shape index (κ2) is 6.02. The monoisotopic (exact) mass is 269 g/mol. The summed E-state index contributed by atoms with van der Waals surface area (Å²) in [5, 5.41) is 0. The van der Waals surface area contributed by atoms with E-state index in [9.17, 15) is 9.59 Å². The van der Waals surface area contributed by atoms with Gasteiger partial charge in [-0.05, 0) is 31.2 Å². The predicted octanol–water partition coefficient (Wildman–Crippen LogP) is 2.17. The summed E-state index contributed by atoms with van der Waals surface area (Å²) in [5.41, 5.74) is 6.32. The number of primary amides is 1. The van der Waals surface area contributed by atoms with Gasteiger partial charge < -0.3 is 10.5 Å². The molecule has 0 aliphatic carbocycles. The van der Waals surface area contributed by atoms with Gasteiger partial charge in [-0.15, -0.1) is 0 Å². The first-order valence-corrected chi connectivity index (χ1v) is 6.23. The molecule has 4 heteroatoms. The minimum atomic E-state index is -0.703. The first-order valence-electron chi connectivity index (χ1n) is 6.23. The van der Waals surface area contributed by atoms with Gasteiger partial charge in [-0.3, -0.25) is 9.59 Å². The summed E-state index contributed by atoms with van der Waals surface area (Å²) in [5.74, 6) is -0.0875. The van der Waals surface area contributed by atoms with Gasteiger partial charge in [0.1, 0.15) is 5.75 Å². The number of carbonyl (C=O) groups excluding carboxylic acids is 2. The number of benzene rings is 2. The summed E-state index contributed by atoms with van der Waals surface area (Å²) in [4.78, 5) is 23.1. The molecule has 2 rings (SSSR count). The fourth-order valence-corrected chi connectivity index (χ4v) is 1.70. The van der Waals surface area contributed by atoms with Gasteiger partial charge in [-0.2, -0.15) is 0 Å². The molecule has 102 valence electrons. The Balaban J connectivity index is 2.12. The Kier molecular flexibility index (Phi) is 4.15. The summed E-state index contributed by atoms with van der Waals surface area (Å²) >= 11 is 0. The Bertz CT molecular complexity index is 605. The molecule has 0 heterocycles. The maximum atomic E-state index is 12.2. The smallest absolute Gasteiger partial charge is 0.258 e. The molecule has 0 spiro atoms. The molecule has 2 N–H and O–H groups in total. The second-order valence-electron chi connectivity index (χ2n) is 4.38. The molecule has 1 atom stereocenters. The molecule has 20 heavy (non-hydrogen) atoms. The van der Waals surface area contributed by atoms with Crippen LogP contribution in [0.5, 0.6) is 5.75 Å². The van der Waals surface area contributed by atoms with Crippen LogP contribution in [-0.4, -0.2) is 17.8 Å². The van der Waals surface area contributed by atoms with Gasteiger partial charge in [0.15, 0.2) is 11.9 Å². The zero-order valence-electron chi connectivity index (χ0n) is 11.1. The van der Waals surface area contributed by atoms with E-state index in [2.05, 4.69) is 0 Å². The van der Waals surface area contributed by atoms with E-state index in [1.165, 1.54) is 0 Å². The van der Waals surface area contributed by atoms with Crippen LogP contribution in [0, 0.1) is 0 Å². The number of amides is 1. The van der Waals surface area contributed by atoms with Crippen molar-refractivity contribution in [3.63, 3.8) is 0 Å². The van der Waals surface area contributed by atoms with E-state index < -0.39 is 12.0 Å². The van der Waals surface area contributed by atoms with Crippen molar-refractivity contribution in [3.8, 4) is 5.75 Å². The number of carbonyl (C=O) groups is 2. The van der Waals surface area contributed by atoms with Gasteiger partial charge in [0.25, 0.3) is 5.91 Å². The van der Waals surface area contributed by atoms with Crippen molar-refractivity contribution in [1.82, 2.24) is 0 Å². The molecule has 0 aliphatic heterocycles. The fourth-order valence-electron chi connectivity index (χ4n) is 1.70. The maximum absolute atomic E-state index is 12.2. The van der Waals surface area contributed by atoms with Crippen LogP contribution in [0.4, 0.5) is 0 Å². The fraction of sp³-hybridized carbons (Fsp3) is 0.125. The maximum Gasteiger partial charge on any atom is 0.258 e. The van der Waals surface area contributed by atoms with Crippen LogP contribution in [0.1, 0.15) is 22.8 Å². The van der Waals surface area contributed by atoms with Crippen molar-refractivity contribution in [1.29, 1.82) is 0 Å². The quantitative estimate of drug-likeness (QED) is 0.846. The number of nitrogens with two attached hydrogens (primary N) is 1. The molecular formula is C16H15NO3. The zero-order chi connectivity index (χ0) is 14.5. The molecule has 0 radical (unpaired) electrons. The van der Waals surface area contributed by atoms with Crippen LogP contribution in [0.15, 0.2) is 54.6 Å². The minimum Gasteiger partial charge on any atom is -0.481 e. The van der Waals surface area contributed by atoms with Crippen molar-refractivity contribution in [2.45, 2.75) is 13.0 Å². The highest BCUT2D eigenvalue weighted by atomic mass is 16.5. The average molecular weight is 269 g/mol. The Labute approximate surface area is 117 Å². The topological polar surface area (TPSA) is 69.4 Å². The average Bonchev–Trinajstić information content (AvgIpc) is 2.48. The minimum absolute atomic E-state index is 0.0555. The van der Waals surface area contributed by atoms with Crippen LogP contribution < -0.4 is 10.5 Å². The number of ketones is 1. The van der Waals surface area contributed by atoms with Gasteiger partial charge in [-0.25, -0.2) is 0 Å². The lowest BCUT2D eigenvalue weighted by Gasteiger charge is -2.11. The Hall–Kier alpha value is -2.62. The van der Waals surface area contributed by atoms with Crippen LogP contribution in [0.3, 0.4) is 0 Å². The van der Waals surface area contributed by atoms with Crippen molar-refractivity contribution in [3.05, 3.63) is 65.7 Å². The van der Waals surface area contributed by atoms with E-state index in [4.69, 9.17) is 10.5 Å². The van der Waals surface area contributed by atoms with Gasteiger partial charge in [-0.1, -0.05) is 30.3 Å². The van der Waals surface area contributed by atoms with Crippen molar-refractivity contribution in [2.75, 3.05) is 0 Å². The van der Waals surface area contributed by atoms with Crippen LogP contribution in [0.25, 0.3) is 0 Å². The molecule has 0 unspecified atom stereocenters. The lowest BCUT2D eigenvalue weighted by molar-refractivity contribution is -0.123. The van der Waals surface area contributed by atoms with Gasteiger partial charge in [0.05, 0.1) is 0 Å². The summed E-state index contributed by atoms with van der Waals surface area (Å²) in [7, 11) is 0. The van der Waals surface area contributed by atoms with Crippen LogP contribution in [0.2, 0.25) is 0 Å². The molecule has 2 aromatic rings. The number of hydrogen-bond acceptors (Lipinski definition) is 3. The van der Waals surface area contributed by atoms with Gasteiger partial charge >= 0.3 is 0 Å². The summed E-state index contributed by atoms with van der Waals surface area (Å²) in [6.45, 7) is 1.57. The summed E-state index contributed by atoms with van der Waals surface area (Å²) in [6, 6.07) is 15.7. The van der Waals surface area contributed by atoms with Crippen LogP contribution >= 0.6 is 0 Å². The van der Waals surface area contributed by atoms with E-state index in [0.717, 1.165) is 0 Å². The molecule has 1 amide bonds. The third-order valence-electron chi connectivity index (χ3n) is 2.87. The lowest BCUT2D eigenvalue weighted by atomic mass is 10.0. The van der Waals surface area contributed by atoms with E-state index >= 15 is 0 Å². The molecule has 0 fully saturated rings. The molecule has 2 aromatic carbocycles. The molecular weight excluding hydrogens is 254 g/mol. The predicted molar refractivity (Wildman–Crippen MR) is 75.6 cm³/mol. The Morgan fingerprint density at radius 2 is 1.50 bits per heavy atom. The van der Waals surface area contributed by atoms with Crippen molar-refractivity contribution >= 4 is 11.7 Å². The summed E-state index contributed by atoms with van der Waals surface area (Å²) in [6.07, 6.45) is -0.703. The number of ether oxygens (including phenoxy) is 1. The van der Waals surface area contributed by atoms with E-state index in [1.807, 2.05) is 18.2 Å². The lowest BCUT2D eigenvalue weighted by Crippen LogP contribution is -2.30. The Morgan fingerprint density at radius 1 is 0.950 bits per heavy atom. The molecule has 0 saturated carbocycles. The number of rotatable bonds is 5. The van der Waals surface area contributed by atoms with Crippen molar-refractivity contribution < 1.29 is 14.3 Å². The molecule has 0 aromatic heterocycles.